The van der Waals surface area contributed by atoms with Crippen LogP contribution in [0.4, 0.5) is 0 Å². The highest BCUT2D eigenvalue weighted by Gasteiger charge is 2.09. The van der Waals surface area contributed by atoms with Crippen LogP contribution in [0.25, 0.3) is 0 Å². The summed E-state index contributed by atoms with van der Waals surface area (Å²) in [6.45, 7) is 1.88. The van der Waals surface area contributed by atoms with Crippen molar-refractivity contribution in [3.8, 4) is 5.75 Å². The lowest BCUT2D eigenvalue weighted by atomic mass is 10.2. The van der Waals surface area contributed by atoms with Gasteiger partial charge in [-0.05, 0) is 12.1 Å². The molecular formula is C13H19ClN2O3. The van der Waals surface area contributed by atoms with Crippen LogP contribution in [0, 0.1) is 0 Å². The number of benzene rings is 1. The van der Waals surface area contributed by atoms with E-state index >= 15 is 0 Å². The second kappa shape index (κ2) is 8.74. The van der Waals surface area contributed by atoms with Gasteiger partial charge in [0.05, 0.1) is 6.61 Å². The highest BCUT2D eigenvalue weighted by atomic mass is 35.5. The fourth-order valence-corrected chi connectivity index (χ4v) is 1.68. The van der Waals surface area contributed by atoms with Gasteiger partial charge < -0.3 is 20.1 Å². The number of ether oxygens (including phenoxy) is 2. The minimum absolute atomic E-state index is 0.0259. The van der Waals surface area contributed by atoms with E-state index in [9.17, 15) is 4.79 Å². The van der Waals surface area contributed by atoms with Crippen molar-refractivity contribution in [2.45, 2.75) is 6.54 Å². The molecule has 6 heteroatoms. The molecule has 0 spiro atoms. The van der Waals surface area contributed by atoms with E-state index in [1.54, 1.807) is 32.4 Å². The standard InChI is InChI=1S/C13H19ClN2O3/c1-15-13(17)9-19-12-5-3-4-11(14)10(12)8-16-6-7-18-2/h3-5,16H,6-9H2,1-2H3,(H,15,17). The van der Waals surface area contributed by atoms with E-state index in [0.29, 0.717) is 23.9 Å². The summed E-state index contributed by atoms with van der Waals surface area (Å²) in [4.78, 5) is 11.2. The zero-order chi connectivity index (χ0) is 14.1. The molecule has 19 heavy (non-hydrogen) atoms. The monoisotopic (exact) mass is 286 g/mol. The second-order valence-electron chi connectivity index (χ2n) is 3.85. The Kier molecular flexibility index (Phi) is 7.25. The third-order valence-corrected chi connectivity index (χ3v) is 2.85. The van der Waals surface area contributed by atoms with Gasteiger partial charge >= 0.3 is 0 Å². The van der Waals surface area contributed by atoms with E-state index in [0.717, 1.165) is 12.1 Å². The van der Waals surface area contributed by atoms with Gasteiger partial charge in [-0.25, -0.2) is 0 Å². The highest BCUT2D eigenvalue weighted by Crippen LogP contribution is 2.26. The molecule has 0 aliphatic rings. The summed E-state index contributed by atoms with van der Waals surface area (Å²) in [5, 5.41) is 6.31. The van der Waals surface area contributed by atoms with Crippen molar-refractivity contribution in [3.63, 3.8) is 0 Å². The molecule has 0 saturated carbocycles. The van der Waals surface area contributed by atoms with Gasteiger partial charge in [0, 0.05) is 37.8 Å². The average molecular weight is 287 g/mol. The fraction of sp³-hybridized carbons (Fsp3) is 0.462. The SMILES string of the molecule is CNC(=O)COc1cccc(Cl)c1CNCCOC. The lowest BCUT2D eigenvalue weighted by Gasteiger charge is -2.13. The minimum Gasteiger partial charge on any atom is -0.483 e. The van der Waals surface area contributed by atoms with Gasteiger partial charge in [-0.3, -0.25) is 4.79 Å². The van der Waals surface area contributed by atoms with E-state index < -0.39 is 0 Å². The van der Waals surface area contributed by atoms with Crippen molar-refractivity contribution >= 4 is 17.5 Å². The van der Waals surface area contributed by atoms with Crippen molar-refractivity contribution in [2.24, 2.45) is 0 Å². The number of hydrogen-bond donors (Lipinski definition) is 2. The Morgan fingerprint density at radius 1 is 1.42 bits per heavy atom. The van der Waals surface area contributed by atoms with Gasteiger partial charge in [0.2, 0.25) is 0 Å². The number of rotatable bonds is 8. The van der Waals surface area contributed by atoms with Crippen LogP contribution in [0.2, 0.25) is 5.02 Å². The number of nitrogens with one attached hydrogen (secondary N) is 2. The molecule has 0 aliphatic heterocycles. The Morgan fingerprint density at radius 2 is 2.21 bits per heavy atom. The van der Waals surface area contributed by atoms with E-state index in [4.69, 9.17) is 21.1 Å². The topological polar surface area (TPSA) is 59.6 Å². The van der Waals surface area contributed by atoms with E-state index in [-0.39, 0.29) is 12.5 Å². The number of methoxy groups -OCH3 is 1. The molecular weight excluding hydrogens is 268 g/mol. The third-order valence-electron chi connectivity index (χ3n) is 2.50. The number of likely N-dealkylation sites (N-methyl/N-ethyl adjacent to an activating group) is 1. The second-order valence-corrected chi connectivity index (χ2v) is 4.26. The quantitative estimate of drug-likeness (QED) is 0.705. The van der Waals surface area contributed by atoms with Crippen molar-refractivity contribution in [2.75, 3.05) is 33.9 Å². The van der Waals surface area contributed by atoms with Crippen LogP contribution in [0.3, 0.4) is 0 Å². The van der Waals surface area contributed by atoms with Crippen molar-refractivity contribution in [1.82, 2.24) is 10.6 Å². The molecule has 0 fully saturated rings. The molecule has 0 bridgehead atoms. The Labute approximate surface area is 118 Å². The average Bonchev–Trinajstić information content (AvgIpc) is 2.42. The van der Waals surface area contributed by atoms with Crippen LogP contribution in [0.15, 0.2) is 18.2 Å². The van der Waals surface area contributed by atoms with Gasteiger partial charge in [-0.2, -0.15) is 0 Å². The maximum Gasteiger partial charge on any atom is 0.257 e. The molecule has 1 amide bonds. The summed E-state index contributed by atoms with van der Waals surface area (Å²) in [6, 6.07) is 5.38. The summed E-state index contributed by atoms with van der Waals surface area (Å²) in [5.74, 6) is 0.430. The molecule has 0 atom stereocenters. The Morgan fingerprint density at radius 3 is 2.89 bits per heavy atom. The smallest absolute Gasteiger partial charge is 0.257 e. The molecule has 1 rings (SSSR count). The van der Waals surface area contributed by atoms with E-state index in [1.165, 1.54) is 0 Å². The van der Waals surface area contributed by atoms with E-state index in [2.05, 4.69) is 10.6 Å². The molecule has 0 heterocycles. The highest BCUT2D eigenvalue weighted by molar-refractivity contribution is 6.31. The predicted molar refractivity (Wildman–Crippen MR) is 74.6 cm³/mol. The molecule has 106 valence electrons. The number of amides is 1. The third kappa shape index (κ3) is 5.46. The van der Waals surface area contributed by atoms with Crippen molar-refractivity contribution in [3.05, 3.63) is 28.8 Å². The zero-order valence-corrected chi connectivity index (χ0v) is 11.9. The molecule has 0 aromatic heterocycles. The first kappa shape index (κ1) is 15.8. The van der Waals surface area contributed by atoms with Gasteiger partial charge in [0.25, 0.3) is 5.91 Å². The lowest BCUT2D eigenvalue weighted by molar-refractivity contribution is -0.122. The Balaban J connectivity index is 2.63. The first-order valence-corrected chi connectivity index (χ1v) is 6.37. The van der Waals surface area contributed by atoms with Crippen LogP contribution < -0.4 is 15.4 Å². The lowest BCUT2D eigenvalue weighted by Crippen LogP contribution is -2.25. The molecule has 0 aliphatic carbocycles. The Hall–Kier alpha value is -1.30. The normalized spacial score (nSPS) is 10.3. The summed E-state index contributed by atoms with van der Waals surface area (Å²) < 4.78 is 10.4. The molecule has 0 saturated heterocycles. The van der Waals surface area contributed by atoms with Crippen molar-refractivity contribution < 1.29 is 14.3 Å². The summed E-state index contributed by atoms with van der Waals surface area (Å²) >= 11 is 6.14. The molecule has 0 unspecified atom stereocenters. The van der Waals surface area contributed by atoms with Crippen LogP contribution in [-0.2, 0) is 16.1 Å². The van der Waals surface area contributed by atoms with Crippen LogP contribution in [0.5, 0.6) is 5.75 Å². The molecule has 1 aromatic rings. The maximum atomic E-state index is 11.2. The summed E-state index contributed by atoms with van der Waals surface area (Å²) in [7, 11) is 3.21. The largest absolute Gasteiger partial charge is 0.483 e. The number of hydrogen-bond acceptors (Lipinski definition) is 4. The Bertz CT molecular complexity index is 413. The molecule has 5 nitrogen and oxygen atoms in total. The number of halogens is 1. The minimum atomic E-state index is -0.182. The summed E-state index contributed by atoms with van der Waals surface area (Å²) in [5.41, 5.74) is 0.837. The fourth-order valence-electron chi connectivity index (χ4n) is 1.45. The van der Waals surface area contributed by atoms with Crippen molar-refractivity contribution in [1.29, 1.82) is 0 Å². The van der Waals surface area contributed by atoms with Gasteiger partial charge in [0.15, 0.2) is 6.61 Å². The number of carbonyl (C=O) groups is 1. The first-order chi connectivity index (χ1) is 9.19. The van der Waals surface area contributed by atoms with E-state index in [1.807, 2.05) is 0 Å². The predicted octanol–water partition coefficient (Wildman–Crippen LogP) is 1.20. The molecule has 2 N–H and O–H groups in total. The first-order valence-electron chi connectivity index (χ1n) is 5.99. The van der Waals surface area contributed by atoms with Gasteiger partial charge in [-0.15, -0.1) is 0 Å². The van der Waals surface area contributed by atoms with Gasteiger partial charge in [-0.1, -0.05) is 17.7 Å². The van der Waals surface area contributed by atoms with Gasteiger partial charge in [0.1, 0.15) is 5.75 Å². The van der Waals surface area contributed by atoms with Crippen LogP contribution >= 0.6 is 11.6 Å². The van der Waals surface area contributed by atoms with Crippen LogP contribution in [0.1, 0.15) is 5.56 Å². The maximum absolute atomic E-state index is 11.2. The zero-order valence-electron chi connectivity index (χ0n) is 11.2. The van der Waals surface area contributed by atoms with Crippen LogP contribution in [-0.4, -0.2) is 39.8 Å². The molecule has 0 radical (unpaired) electrons. The molecule has 1 aromatic carbocycles. The number of carbonyl (C=O) groups excluding carboxylic acids is 1. The summed E-state index contributed by atoms with van der Waals surface area (Å²) in [6.07, 6.45) is 0.